The number of allylic oxidation sites excluding steroid dienone is 1. The molecule has 3 saturated carbocycles. The molecule has 0 bridgehead atoms. The normalized spacial score (nSPS) is 58.4. The summed E-state index contributed by atoms with van der Waals surface area (Å²) >= 11 is 0. The average Bonchev–Trinajstić information content (AvgIpc) is 3.56. The highest BCUT2D eigenvalue weighted by Crippen LogP contribution is 2.70. The third kappa shape index (κ3) is 5.84. The molecule has 0 aromatic heterocycles. The fourth-order valence-corrected chi connectivity index (χ4v) is 12.7. The second-order valence-electron chi connectivity index (χ2n) is 18.4. The van der Waals surface area contributed by atoms with Crippen molar-refractivity contribution in [2.45, 2.75) is 172 Å². The van der Waals surface area contributed by atoms with Crippen LogP contribution in [-0.2, 0) is 23.7 Å². The summed E-state index contributed by atoms with van der Waals surface area (Å²) in [7, 11) is 0. The Balaban J connectivity index is 0.915. The Morgan fingerprint density at radius 3 is 2.31 bits per heavy atom. The monoisotopic (exact) mass is 721 g/mol. The highest BCUT2D eigenvalue weighted by Gasteiger charge is 2.68. The minimum atomic E-state index is -1.60. The lowest BCUT2D eigenvalue weighted by molar-refractivity contribution is -0.360. The molecule has 4 heterocycles. The second kappa shape index (κ2) is 13.5. The van der Waals surface area contributed by atoms with Crippen molar-refractivity contribution in [3.05, 3.63) is 11.6 Å². The van der Waals surface area contributed by atoms with Crippen LogP contribution in [0.1, 0.15) is 92.4 Å². The molecule has 7 N–H and O–H groups in total. The number of rotatable bonds is 5. The minimum Gasteiger partial charge on any atom is -0.394 e. The molecule has 12 heteroatoms. The number of piperidine rings is 1. The first-order valence-corrected chi connectivity index (χ1v) is 20.0. The van der Waals surface area contributed by atoms with Crippen molar-refractivity contribution in [3.63, 3.8) is 0 Å². The van der Waals surface area contributed by atoms with E-state index in [4.69, 9.17) is 23.7 Å². The highest BCUT2D eigenvalue weighted by atomic mass is 16.7. The van der Waals surface area contributed by atoms with Crippen LogP contribution in [0, 0.1) is 46.3 Å². The molecular formula is C39H63NO11. The first-order chi connectivity index (χ1) is 24.2. The molecule has 0 radical (unpaired) electrons. The lowest BCUT2D eigenvalue weighted by Gasteiger charge is -2.59. The van der Waals surface area contributed by atoms with Crippen LogP contribution in [0.3, 0.4) is 0 Å². The van der Waals surface area contributed by atoms with Crippen LogP contribution in [0.2, 0.25) is 0 Å². The number of nitrogens with one attached hydrogen (secondary N) is 1. The van der Waals surface area contributed by atoms with Crippen molar-refractivity contribution < 1.29 is 54.3 Å². The third-order valence-corrected chi connectivity index (χ3v) is 15.8. The molecule has 8 aliphatic rings. The molecule has 1 spiro atoms. The van der Waals surface area contributed by atoms with Gasteiger partial charge in [-0.15, -0.1) is 0 Å². The largest absolute Gasteiger partial charge is 0.394 e. The predicted octanol–water partition coefficient (Wildman–Crippen LogP) is 1.96. The highest BCUT2D eigenvalue weighted by molar-refractivity contribution is 5.26. The summed E-state index contributed by atoms with van der Waals surface area (Å²) in [5.41, 5.74) is 1.66. The molecule has 290 valence electrons. The number of hydrogen-bond donors (Lipinski definition) is 7. The molecule has 4 aliphatic carbocycles. The third-order valence-electron chi connectivity index (χ3n) is 15.8. The van der Waals surface area contributed by atoms with Crippen molar-refractivity contribution in [1.29, 1.82) is 0 Å². The molecule has 0 amide bonds. The molecule has 4 aliphatic heterocycles. The van der Waals surface area contributed by atoms with Gasteiger partial charge in [0.05, 0.1) is 24.9 Å². The lowest BCUT2D eigenvalue weighted by Crippen LogP contribution is -2.64. The lowest BCUT2D eigenvalue weighted by atomic mass is 9.47. The van der Waals surface area contributed by atoms with Crippen molar-refractivity contribution in [1.82, 2.24) is 5.32 Å². The van der Waals surface area contributed by atoms with Gasteiger partial charge in [-0.25, -0.2) is 0 Å². The molecule has 4 saturated heterocycles. The zero-order valence-electron chi connectivity index (χ0n) is 31.0. The van der Waals surface area contributed by atoms with Gasteiger partial charge in [0.25, 0.3) is 0 Å². The maximum absolute atomic E-state index is 11.1. The van der Waals surface area contributed by atoms with E-state index < -0.39 is 68.0 Å². The molecular weight excluding hydrogens is 658 g/mol. The van der Waals surface area contributed by atoms with Gasteiger partial charge in [0.2, 0.25) is 0 Å². The number of aliphatic hydroxyl groups excluding tert-OH is 6. The van der Waals surface area contributed by atoms with Gasteiger partial charge in [0.1, 0.15) is 48.5 Å². The molecule has 0 unspecified atom stereocenters. The number of ether oxygens (including phenoxy) is 5. The average molecular weight is 722 g/mol. The standard InChI is InChI=1S/C39H63NO11/c1-18-8-13-39(40-16-18)19(2)28-26(51-39)15-25-23-7-6-21-14-22(9-11-37(21,4)24(23)10-12-38(25,28)5)48-36-33(46)31(44)34(27(17-41)49-36)50-35-32(45)30(43)29(42)20(3)47-35/h6,18-20,22-36,40-46H,7-17H2,1-5H3/t18-,19-,20-,22-,23+,24-,25-,26-,27-,28-,29-,30-,31+,32+,33-,34-,35-,36-,37-,38-,39+/m0/s1. The summed E-state index contributed by atoms with van der Waals surface area (Å²) in [5, 5.41) is 67.0. The molecule has 0 aromatic rings. The summed E-state index contributed by atoms with van der Waals surface area (Å²) in [4.78, 5) is 0. The summed E-state index contributed by atoms with van der Waals surface area (Å²) in [6.07, 6.45) is -1.11. The fourth-order valence-electron chi connectivity index (χ4n) is 12.7. The maximum Gasteiger partial charge on any atom is 0.187 e. The van der Waals surface area contributed by atoms with Gasteiger partial charge in [-0.05, 0) is 105 Å². The fraction of sp³-hybridized carbons (Fsp3) is 0.949. The quantitative estimate of drug-likeness (QED) is 0.206. The zero-order chi connectivity index (χ0) is 36.2. The Kier molecular flexibility index (Phi) is 9.83. The van der Waals surface area contributed by atoms with Gasteiger partial charge < -0.3 is 54.3 Å². The minimum absolute atomic E-state index is 0.0881. The van der Waals surface area contributed by atoms with Crippen molar-refractivity contribution >= 4 is 0 Å². The first kappa shape index (κ1) is 37.2. The number of fused-ring (bicyclic) bond motifs is 7. The van der Waals surface area contributed by atoms with Gasteiger partial charge in [-0.1, -0.05) is 39.3 Å². The van der Waals surface area contributed by atoms with E-state index in [1.165, 1.54) is 38.2 Å². The van der Waals surface area contributed by atoms with Crippen LogP contribution in [0.15, 0.2) is 11.6 Å². The Morgan fingerprint density at radius 2 is 1.59 bits per heavy atom. The second-order valence-corrected chi connectivity index (χ2v) is 18.4. The van der Waals surface area contributed by atoms with Gasteiger partial charge in [-0.3, -0.25) is 5.32 Å². The van der Waals surface area contributed by atoms with Crippen LogP contribution in [0.4, 0.5) is 0 Å². The molecule has 12 nitrogen and oxygen atoms in total. The van der Waals surface area contributed by atoms with Gasteiger partial charge >= 0.3 is 0 Å². The van der Waals surface area contributed by atoms with Crippen LogP contribution >= 0.6 is 0 Å². The SMILES string of the molecule is C[C@H]1CC[C@@]2(NC1)O[C@H]1C[C@H]3[C@@H]4CC=C5C[C@@H](O[C@H]6O[C@@H](CO)[C@H](O[C@@H]7O[C@@H](C)[C@H](O)[C@H](O)[C@H]7O)[C@H](O)[C@@H]6O)CC[C@]5(C)[C@H]4CC[C@]3(C)[C@H]1[C@@H]2C. The van der Waals surface area contributed by atoms with Crippen LogP contribution in [-0.4, -0.2) is 123 Å². The number of hydrogen-bond acceptors (Lipinski definition) is 12. The Hall–Kier alpha value is -0.740. The Labute approximate surface area is 302 Å². The van der Waals surface area contributed by atoms with Crippen LogP contribution in [0.5, 0.6) is 0 Å². The smallest absolute Gasteiger partial charge is 0.187 e. The van der Waals surface area contributed by atoms with Crippen LogP contribution in [0.25, 0.3) is 0 Å². The van der Waals surface area contributed by atoms with E-state index in [-0.39, 0.29) is 17.2 Å². The summed E-state index contributed by atoms with van der Waals surface area (Å²) in [6, 6.07) is 0. The van der Waals surface area contributed by atoms with E-state index in [1.54, 1.807) is 0 Å². The summed E-state index contributed by atoms with van der Waals surface area (Å²) in [5.74, 6) is 3.74. The van der Waals surface area contributed by atoms with Crippen molar-refractivity contribution in [3.8, 4) is 0 Å². The van der Waals surface area contributed by atoms with Crippen LogP contribution < -0.4 is 5.32 Å². The molecule has 21 atom stereocenters. The molecule has 8 rings (SSSR count). The molecule has 0 aromatic carbocycles. The van der Waals surface area contributed by atoms with Crippen molar-refractivity contribution in [2.24, 2.45) is 46.3 Å². The van der Waals surface area contributed by atoms with Gasteiger partial charge in [0.15, 0.2) is 12.6 Å². The van der Waals surface area contributed by atoms with E-state index in [9.17, 15) is 30.6 Å². The Morgan fingerprint density at radius 1 is 0.843 bits per heavy atom. The Bertz CT molecular complexity index is 1310. The molecule has 7 fully saturated rings. The summed E-state index contributed by atoms with van der Waals surface area (Å²) < 4.78 is 30.7. The predicted molar refractivity (Wildman–Crippen MR) is 184 cm³/mol. The van der Waals surface area contributed by atoms with E-state index >= 15 is 0 Å². The zero-order valence-corrected chi connectivity index (χ0v) is 31.0. The van der Waals surface area contributed by atoms with Gasteiger partial charge in [0, 0.05) is 12.5 Å². The van der Waals surface area contributed by atoms with E-state index in [1.807, 2.05) is 0 Å². The first-order valence-electron chi connectivity index (χ1n) is 20.0. The molecule has 51 heavy (non-hydrogen) atoms. The van der Waals surface area contributed by atoms with E-state index in [2.05, 4.69) is 39.1 Å². The van der Waals surface area contributed by atoms with Gasteiger partial charge in [-0.2, -0.15) is 0 Å². The summed E-state index contributed by atoms with van der Waals surface area (Å²) in [6.45, 7) is 11.9. The topological polar surface area (TPSA) is 180 Å². The van der Waals surface area contributed by atoms with E-state index in [0.29, 0.717) is 47.0 Å². The van der Waals surface area contributed by atoms with Crippen molar-refractivity contribution in [2.75, 3.05) is 13.2 Å². The maximum atomic E-state index is 11.1. The number of aliphatic hydroxyl groups is 6. The van der Waals surface area contributed by atoms with E-state index in [0.717, 1.165) is 38.6 Å².